The zero-order chi connectivity index (χ0) is 11.8. The van der Waals surface area contributed by atoms with Crippen LogP contribution in [0.4, 0.5) is 0 Å². The van der Waals surface area contributed by atoms with Crippen molar-refractivity contribution in [1.82, 2.24) is 0 Å². The van der Waals surface area contributed by atoms with Crippen molar-refractivity contribution in [3.63, 3.8) is 0 Å². The summed E-state index contributed by atoms with van der Waals surface area (Å²) in [6, 6.07) is 8.32. The summed E-state index contributed by atoms with van der Waals surface area (Å²) in [7, 11) is 0. The molecular weight excluding hydrogens is 333 g/mol. The van der Waals surface area contributed by atoms with Gasteiger partial charge in [0, 0.05) is 15.4 Å². The van der Waals surface area contributed by atoms with Crippen LogP contribution in [0, 0.1) is 3.57 Å². The van der Waals surface area contributed by atoms with Crippen molar-refractivity contribution in [3.8, 4) is 5.75 Å². The molecule has 2 nitrogen and oxygen atoms in total. The molecule has 0 fully saturated rings. The van der Waals surface area contributed by atoms with E-state index in [1.165, 1.54) is 3.57 Å². The third kappa shape index (κ3) is 5.96. The third-order valence-electron chi connectivity index (χ3n) is 2.29. The highest BCUT2D eigenvalue weighted by Gasteiger charge is 1.99. The second-order valence-electron chi connectivity index (χ2n) is 3.74. The minimum atomic E-state index is 0.224. The van der Waals surface area contributed by atoms with Crippen LogP contribution >= 0.6 is 35.2 Å². The number of hydrogen-bond donors (Lipinski definition) is 2. The van der Waals surface area contributed by atoms with Gasteiger partial charge in [-0.25, -0.2) is 0 Å². The van der Waals surface area contributed by atoms with E-state index in [4.69, 9.17) is 10.5 Å². The highest BCUT2D eigenvalue weighted by atomic mass is 127. The molecule has 90 valence electrons. The van der Waals surface area contributed by atoms with Crippen LogP contribution in [-0.4, -0.2) is 18.4 Å². The molecule has 4 heteroatoms. The number of rotatable bonds is 7. The summed E-state index contributed by atoms with van der Waals surface area (Å²) in [6.45, 7) is 0.764. The van der Waals surface area contributed by atoms with Crippen LogP contribution in [0.2, 0.25) is 0 Å². The topological polar surface area (TPSA) is 35.2 Å². The van der Waals surface area contributed by atoms with E-state index in [2.05, 4.69) is 35.2 Å². The first kappa shape index (κ1) is 14.1. The predicted octanol–water partition coefficient (Wildman–Crippen LogP) is 3.10. The Labute approximate surface area is 116 Å². The van der Waals surface area contributed by atoms with Gasteiger partial charge in [-0.3, -0.25) is 0 Å². The van der Waals surface area contributed by atoms with Crippen molar-refractivity contribution >= 4 is 35.2 Å². The number of thiol groups is 1. The Bertz CT molecular complexity index is 292. The number of ether oxygens (including phenoxy) is 1. The summed E-state index contributed by atoms with van der Waals surface area (Å²) in [5.74, 6) is 1.71. The number of unbranched alkanes of at least 4 members (excludes halogenated alkanes) is 1. The Hall–Kier alpha value is 0.0600. The van der Waals surface area contributed by atoms with E-state index in [0.29, 0.717) is 0 Å². The van der Waals surface area contributed by atoms with E-state index in [1.807, 2.05) is 24.3 Å². The Kier molecular flexibility index (Phi) is 7.23. The maximum Gasteiger partial charge on any atom is 0.119 e. The van der Waals surface area contributed by atoms with Gasteiger partial charge >= 0.3 is 0 Å². The summed E-state index contributed by atoms with van der Waals surface area (Å²) in [5, 5.41) is 0. The van der Waals surface area contributed by atoms with Crippen molar-refractivity contribution in [3.05, 3.63) is 27.8 Å². The molecule has 0 aliphatic rings. The van der Waals surface area contributed by atoms with E-state index in [9.17, 15) is 0 Å². The van der Waals surface area contributed by atoms with Crippen molar-refractivity contribution in [1.29, 1.82) is 0 Å². The molecule has 0 spiro atoms. The molecule has 0 radical (unpaired) electrons. The van der Waals surface area contributed by atoms with Crippen LogP contribution in [0.5, 0.6) is 5.75 Å². The van der Waals surface area contributed by atoms with Crippen LogP contribution in [-0.2, 0) is 0 Å². The first-order valence-corrected chi connectivity index (χ1v) is 7.18. The van der Waals surface area contributed by atoms with Gasteiger partial charge in [0.1, 0.15) is 5.75 Å². The molecule has 1 rings (SSSR count). The minimum absolute atomic E-state index is 0.224. The zero-order valence-electron chi connectivity index (χ0n) is 9.23. The molecule has 0 heterocycles. The van der Waals surface area contributed by atoms with E-state index in [1.54, 1.807) is 0 Å². The van der Waals surface area contributed by atoms with Gasteiger partial charge in [0.15, 0.2) is 0 Å². The molecule has 0 unspecified atom stereocenters. The van der Waals surface area contributed by atoms with Crippen molar-refractivity contribution in [2.75, 3.05) is 12.4 Å². The van der Waals surface area contributed by atoms with Gasteiger partial charge in [0.25, 0.3) is 0 Å². The summed E-state index contributed by atoms with van der Waals surface area (Å²) >= 11 is 6.43. The molecule has 0 amide bonds. The fourth-order valence-corrected chi connectivity index (χ4v) is 1.86. The summed E-state index contributed by atoms with van der Waals surface area (Å²) in [5.41, 5.74) is 5.76. The van der Waals surface area contributed by atoms with Crippen molar-refractivity contribution in [2.45, 2.75) is 25.3 Å². The third-order valence-corrected chi connectivity index (χ3v) is 3.47. The molecule has 1 aromatic carbocycles. The van der Waals surface area contributed by atoms with E-state index in [-0.39, 0.29) is 6.04 Å². The second-order valence-corrected chi connectivity index (χ2v) is 5.35. The lowest BCUT2D eigenvalue weighted by Crippen LogP contribution is -2.21. The van der Waals surface area contributed by atoms with Gasteiger partial charge in [0.05, 0.1) is 6.61 Å². The fraction of sp³-hybridized carbons (Fsp3) is 0.500. The maximum atomic E-state index is 5.76. The first-order valence-electron chi connectivity index (χ1n) is 5.47. The molecule has 1 atom stereocenters. The average molecular weight is 351 g/mol. The molecule has 0 aliphatic heterocycles. The Morgan fingerprint density at radius 3 is 2.56 bits per heavy atom. The number of nitrogens with two attached hydrogens (primary N) is 1. The molecule has 0 aromatic heterocycles. The van der Waals surface area contributed by atoms with Crippen molar-refractivity contribution in [2.24, 2.45) is 5.73 Å². The summed E-state index contributed by atoms with van der Waals surface area (Å²) in [6.07, 6.45) is 3.18. The van der Waals surface area contributed by atoms with Gasteiger partial charge in [-0.1, -0.05) is 0 Å². The smallest absolute Gasteiger partial charge is 0.119 e. The molecule has 0 saturated heterocycles. The van der Waals surface area contributed by atoms with Gasteiger partial charge in [-0.2, -0.15) is 12.6 Å². The number of benzene rings is 1. The molecule has 0 aliphatic carbocycles. The van der Waals surface area contributed by atoms with Crippen molar-refractivity contribution < 1.29 is 4.74 Å². The highest BCUT2D eigenvalue weighted by molar-refractivity contribution is 14.1. The van der Waals surface area contributed by atoms with Crippen LogP contribution in [0.25, 0.3) is 0 Å². The SMILES string of the molecule is N[C@H](CS)CCCCOc1ccc(I)cc1. The quantitative estimate of drug-likeness (QED) is 0.450. The highest BCUT2D eigenvalue weighted by Crippen LogP contribution is 2.14. The van der Waals surface area contributed by atoms with Crippen LogP contribution in [0.15, 0.2) is 24.3 Å². The minimum Gasteiger partial charge on any atom is -0.494 e. The van der Waals surface area contributed by atoms with Crippen LogP contribution in [0.1, 0.15) is 19.3 Å². The predicted molar refractivity (Wildman–Crippen MR) is 80.3 cm³/mol. The lowest BCUT2D eigenvalue weighted by molar-refractivity contribution is 0.304. The lowest BCUT2D eigenvalue weighted by Gasteiger charge is -2.08. The summed E-state index contributed by atoms with van der Waals surface area (Å²) < 4.78 is 6.84. The van der Waals surface area contributed by atoms with Gasteiger partial charge in [-0.15, -0.1) is 0 Å². The van der Waals surface area contributed by atoms with Gasteiger partial charge in [0.2, 0.25) is 0 Å². The summed E-state index contributed by atoms with van der Waals surface area (Å²) in [4.78, 5) is 0. The Balaban J connectivity index is 2.09. The Morgan fingerprint density at radius 2 is 1.94 bits per heavy atom. The first-order chi connectivity index (χ1) is 7.72. The maximum absolute atomic E-state index is 5.76. The number of hydrogen-bond acceptors (Lipinski definition) is 3. The second kappa shape index (κ2) is 8.20. The van der Waals surface area contributed by atoms with E-state index < -0.39 is 0 Å². The zero-order valence-corrected chi connectivity index (χ0v) is 12.3. The average Bonchev–Trinajstić information content (AvgIpc) is 2.31. The van der Waals surface area contributed by atoms with Gasteiger partial charge < -0.3 is 10.5 Å². The van der Waals surface area contributed by atoms with E-state index in [0.717, 1.165) is 37.4 Å². The molecule has 16 heavy (non-hydrogen) atoms. The molecule has 0 bridgehead atoms. The molecule has 0 saturated carbocycles. The molecular formula is C12H18INOS. The molecule has 2 N–H and O–H groups in total. The fourth-order valence-electron chi connectivity index (χ4n) is 1.32. The lowest BCUT2D eigenvalue weighted by atomic mass is 10.1. The van der Waals surface area contributed by atoms with Crippen LogP contribution in [0.3, 0.4) is 0 Å². The standard InChI is InChI=1S/C12H18INOS/c13-10-4-6-12(7-5-10)15-8-2-1-3-11(14)9-16/h4-7,11,16H,1-3,8-9,14H2/t11-/m0/s1. The van der Waals surface area contributed by atoms with Gasteiger partial charge in [-0.05, 0) is 66.1 Å². The largest absolute Gasteiger partial charge is 0.494 e. The Morgan fingerprint density at radius 1 is 1.25 bits per heavy atom. The van der Waals surface area contributed by atoms with Crippen LogP contribution < -0.4 is 10.5 Å². The number of halogens is 1. The molecule has 1 aromatic rings. The normalized spacial score (nSPS) is 12.4. The van der Waals surface area contributed by atoms with E-state index >= 15 is 0 Å². The monoisotopic (exact) mass is 351 g/mol.